The van der Waals surface area contributed by atoms with Crippen LogP contribution in [0.15, 0.2) is 65.7 Å². The SMILES string of the molecule is Cn1c[n+](C(c2ccc(Br)cc2)[n+]2ccccc2)c(N)n1. The van der Waals surface area contributed by atoms with E-state index in [1.165, 1.54) is 0 Å². The van der Waals surface area contributed by atoms with Gasteiger partial charge in [0.2, 0.25) is 0 Å². The summed E-state index contributed by atoms with van der Waals surface area (Å²) in [5.41, 5.74) is 7.18. The highest BCUT2D eigenvalue weighted by Gasteiger charge is 2.29. The Morgan fingerprint density at radius 3 is 2.38 bits per heavy atom. The van der Waals surface area contributed by atoms with E-state index in [9.17, 15) is 0 Å². The molecule has 0 spiro atoms. The molecule has 1 unspecified atom stereocenters. The van der Waals surface area contributed by atoms with Crippen LogP contribution in [0.3, 0.4) is 0 Å². The average molecular weight is 346 g/mol. The molecule has 0 fully saturated rings. The quantitative estimate of drug-likeness (QED) is 0.730. The second-order valence-corrected chi connectivity index (χ2v) is 5.72. The lowest BCUT2D eigenvalue weighted by molar-refractivity contribution is -0.928. The number of benzene rings is 1. The van der Waals surface area contributed by atoms with E-state index in [2.05, 4.69) is 37.7 Å². The lowest BCUT2D eigenvalue weighted by Gasteiger charge is -2.11. The molecule has 21 heavy (non-hydrogen) atoms. The fourth-order valence-electron chi connectivity index (χ4n) is 2.35. The first kappa shape index (κ1) is 13.8. The standard InChI is InChI=1S/C15H16BrN5/c1-19-11-21(15(17)18-19)14(20-9-3-2-4-10-20)12-5-7-13(16)8-6-12/h2-11,14H,1H3,(H2,17,18)/q+2. The van der Waals surface area contributed by atoms with Gasteiger partial charge >= 0.3 is 5.95 Å². The smallest absolute Gasteiger partial charge is 0.305 e. The zero-order chi connectivity index (χ0) is 14.8. The van der Waals surface area contributed by atoms with E-state index in [4.69, 9.17) is 5.73 Å². The summed E-state index contributed by atoms with van der Waals surface area (Å²) in [4.78, 5) is 0. The number of anilines is 1. The van der Waals surface area contributed by atoms with Gasteiger partial charge in [0.25, 0.3) is 6.17 Å². The Morgan fingerprint density at radius 2 is 1.81 bits per heavy atom. The van der Waals surface area contributed by atoms with Crippen molar-refractivity contribution in [1.82, 2.24) is 9.78 Å². The van der Waals surface area contributed by atoms with Gasteiger partial charge in [-0.1, -0.05) is 22.0 Å². The molecule has 0 saturated heterocycles. The Morgan fingerprint density at radius 1 is 1.14 bits per heavy atom. The molecule has 0 aliphatic rings. The number of pyridine rings is 1. The van der Waals surface area contributed by atoms with Gasteiger partial charge in [0.1, 0.15) is 0 Å². The lowest BCUT2D eigenvalue weighted by Crippen LogP contribution is -2.57. The molecule has 106 valence electrons. The normalized spacial score (nSPS) is 12.3. The third kappa shape index (κ3) is 2.80. The fourth-order valence-corrected chi connectivity index (χ4v) is 2.62. The molecule has 2 heterocycles. The molecule has 3 rings (SSSR count). The summed E-state index contributed by atoms with van der Waals surface area (Å²) in [6.07, 6.45) is 5.85. The fraction of sp³-hybridized carbons (Fsp3) is 0.133. The first-order valence-electron chi connectivity index (χ1n) is 6.56. The Labute approximate surface area is 131 Å². The van der Waals surface area contributed by atoms with Crippen LogP contribution in [0.5, 0.6) is 0 Å². The molecule has 0 amide bonds. The molecule has 0 radical (unpaired) electrons. The molecule has 1 atom stereocenters. The number of nitrogen functional groups attached to an aromatic ring is 1. The minimum Gasteiger partial charge on any atom is -0.305 e. The van der Waals surface area contributed by atoms with E-state index in [1.54, 1.807) is 4.68 Å². The van der Waals surface area contributed by atoms with Crippen LogP contribution in [0.1, 0.15) is 11.7 Å². The maximum atomic E-state index is 6.06. The number of nitrogens with two attached hydrogens (primary N) is 1. The van der Waals surface area contributed by atoms with Crippen molar-refractivity contribution in [2.75, 3.05) is 5.73 Å². The molecular weight excluding hydrogens is 330 g/mol. The summed E-state index contributed by atoms with van der Waals surface area (Å²) < 4.78 is 6.81. The Hall–Kier alpha value is -2.21. The van der Waals surface area contributed by atoms with E-state index >= 15 is 0 Å². The van der Waals surface area contributed by atoms with Crippen molar-refractivity contribution >= 4 is 21.9 Å². The zero-order valence-electron chi connectivity index (χ0n) is 11.6. The predicted molar refractivity (Wildman–Crippen MR) is 82.1 cm³/mol. The van der Waals surface area contributed by atoms with Crippen LogP contribution in [-0.2, 0) is 7.05 Å². The third-order valence-corrected chi connectivity index (χ3v) is 3.80. The predicted octanol–water partition coefficient (Wildman–Crippen LogP) is 1.43. The molecule has 0 aliphatic carbocycles. The molecule has 0 bridgehead atoms. The minimum atomic E-state index is -0.0759. The Balaban J connectivity index is 2.16. The highest BCUT2D eigenvalue weighted by atomic mass is 79.9. The second-order valence-electron chi connectivity index (χ2n) is 4.80. The highest BCUT2D eigenvalue weighted by molar-refractivity contribution is 9.10. The van der Waals surface area contributed by atoms with Crippen LogP contribution in [-0.4, -0.2) is 9.78 Å². The number of rotatable bonds is 3. The number of aryl methyl sites for hydroxylation is 1. The van der Waals surface area contributed by atoms with E-state index in [1.807, 2.05) is 60.7 Å². The van der Waals surface area contributed by atoms with Gasteiger partial charge in [-0.15, -0.1) is 4.68 Å². The van der Waals surface area contributed by atoms with Crippen LogP contribution >= 0.6 is 15.9 Å². The summed E-state index contributed by atoms with van der Waals surface area (Å²) >= 11 is 3.47. The van der Waals surface area contributed by atoms with E-state index < -0.39 is 0 Å². The van der Waals surface area contributed by atoms with Gasteiger partial charge in [-0.2, -0.15) is 9.13 Å². The second kappa shape index (κ2) is 5.65. The summed E-state index contributed by atoms with van der Waals surface area (Å²) in [7, 11) is 1.86. The van der Waals surface area contributed by atoms with Crippen LogP contribution < -0.4 is 14.9 Å². The van der Waals surface area contributed by atoms with Crippen LogP contribution in [0.4, 0.5) is 5.95 Å². The minimum absolute atomic E-state index is 0.0759. The molecular formula is C15H16BrN5+2. The van der Waals surface area contributed by atoms with Gasteiger partial charge in [0.15, 0.2) is 18.7 Å². The largest absolute Gasteiger partial charge is 0.380 e. The van der Waals surface area contributed by atoms with Gasteiger partial charge < -0.3 is 5.73 Å². The molecule has 5 nitrogen and oxygen atoms in total. The van der Waals surface area contributed by atoms with Crippen molar-refractivity contribution in [3.8, 4) is 0 Å². The van der Waals surface area contributed by atoms with E-state index in [0.29, 0.717) is 5.95 Å². The van der Waals surface area contributed by atoms with Crippen molar-refractivity contribution in [2.24, 2.45) is 7.05 Å². The van der Waals surface area contributed by atoms with Crippen molar-refractivity contribution in [1.29, 1.82) is 0 Å². The van der Waals surface area contributed by atoms with Gasteiger partial charge in [0, 0.05) is 21.7 Å². The topological polar surface area (TPSA) is 51.6 Å². The summed E-state index contributed by atoms with van der Waals surface area (Å²) in [6, 6.07) is 14.2. The molecule has 0 saturated carbocycles. The maximum absolute atomic E-state index is 6.06. The first-order chi connectivity index (χ1) is 10.1. The van der Waals surface area contributed by atoms with Crippen LogP contribution in [0.25, 0.3) is 0 Å². The molecule has 1 aromatic carbocycles. The van der Waals surface area contributed by atoms with Gasteiger partial charge in [-0.25, -0.2) is 0 Å². The number of halogens is 1. The number of nitrogens with zero attached hydrogens (tertiary/aromatic N) is 4. The van der Waals surface area contributed by atoms with Crippen molar-refractivity contribution in [2.45, 2.75) is 6.17 Å². The molecule has 2 N–H and O–H groups in total. The van der Waals surface area contributed by atoms with E-state index in [0.717, 1.165) is 10.0 Å². The van der Waals surface area contributed by atoms with Crippen LogP contribution in [0, 0.1) is 0 Å². The summed E-state index contributed by atoms with van der Waals surface area (Å²) in [5, 5.41) is 4.24. The monoisotopic (exact) mass is 345 g/mol. The first-order valence-corrected chi connectivity index (χ1v) is 7.36. The number of hydrogen-bond donors (Lipinski definition) is 1. The average Bonchev–Trinajstić information content (AvgIpc) is 2.81. The maximum Gasteiger partial charge on any atom is 0.380 e. The molecule has 3 aromatic rings. The number of hydrogen-bond acceptors (Lipinski definition) is 2. The number of aromatic nitrogens is 4. The zero-order valence-corrected chi connectivity index (χ0v) is 13.2. The van der Waals surface area contributed by atoms with E-state index in [-0.39, 0.29) is 6.17 Å². The molecule has 2 aromatic heterocycles. The van der Waals surface area contributed by atoms with Crippen molar-refractivity contribution in [3.05, 3.63) is 71.2 Å². The third-order valence-electron chi connectivity index (χ3n) is 3.27. The van der Waals surface area contributed by atoms with Crippen molar-refractivity contribution in [3.63, 3.8) is 0 Å². The van der Waals surface area contributed by atoms with Crippen LogP contribution in [0.2, 0.25) is 0 Å². The van der Waals surface area contributed by atoms with Gasteiger partial charge in [-0.05, 0) is 24.3 Å². The van der Waals surface area contributed by atoms with Gasteiger partial charge in [-0.3, -0.25) is 0 Å². The summed E-state index contributed by atoms with van der Waals surface area (Å²) in [5.74, 6) is 0.474. The summed E-state index contributed by atoms with van der Waals surface area (Å²) in [6.45, 7) is 0. The Bertz CT molecular complexity index is 737. The van der Waals surface area contributed by atoms with Gasteiger partial charge in [0.05, 0.1) is 12.6 Å². The molecule has 0 aliphatic heterocycles. The molecule has 6 heteroatoms. The highest BCUT2D eigenvalue weighted by Crippen LogP contribution is 2.15. The van der Waals surface area contributed by atoms with Crippen molar-refractivity contribution < 1.29 is 9.13 Å². The Kier molecular flexibility index (Phi) is 3.70. The lowest BCUT2D eigenvalue weighted by atomic mass is 10.1.